The van der Waals surface area contributed by atoms with Gasteiger partial charge in [0.2, 0.25) is 0 Å². The van der Waals surface area contributed by atoms with Crippen LogP contribution in [0.25, 0.3) is 0 Å². The number of carboxylic acids is 1. The zero-order valence-corrected chi connectivity index (χ0v) is 17.4. The van der Waals surface area contributed by atoms with E-state index in [1.165, 1.54) is 36.0 Å². The Kier molecular flexibility index (Phi) is 7.43. The second-order valence-corrected chi connectivity index (χ2v) is 9.07. The highest BCUT2D eigenvalue weighted by Crippen LogP contribution is 2.60. The number of alkyl halides is 2. The van der Waals surface area contributed by atoms with E-state index in [1.54, 1.807) is 12.1 Å². The molecule has 2 rings (SSSR count). The highest BCUT2D eigenvalue weighted by atomic mass is 79.9. The molecule has 0 saturated carbocycles. The van der Waals surface area contributed by atoms with Crippen LogP contribution in [0.2, 0.25) is 0 Å². The quantitative estimate of drug-likeness (QED) is 0.309. The average molecular weight is 491 g/mol. The van der Waals surface area contributed by atoms with Crippen LogP contribution < -0.4 is 0 Å². The van der Waals surface area contributed by atoms with E-state index in [0.29, 0.717) is 22.6 Å². The topological polar surface area (TPSA) is 94.8 Å². The first-order chi connectivity index (χ1) is 13.0. The molecule has 0 atom stereocenters. The summed E-state index contributed by atoms with van der Waals surface area (Å²) in [5.41, 5.74) is -3.64. The van der Waals surface area contributed by atoms with Crippen molar-refractivity contribution in [2.75, 3.05) is 5.75 Å². The van der Waals surface area contributed by atoms with E-state index in [4.69, 9.17) is 14.9 Å². The zero-order valence-electron chi connectivity index (χ0n) is 14.1. The molecule has 0 heterocycles. The Bertz CT molecular complexity index is 997. The molecule has 5 nitrogen and oxygen atoms in total. The number of rotatable bonds is 6. The number of hydrogen-bond acceptors (Lipinski definition) is 3. The van der Waals surface area contributed by atoms with E-state index in [1.807, 2.05) is 0 Å². The first-order valence-corrected chi connectivity index (χ1v) is 11.2. The van der Waals surface area contributed by atoms with Gasteiger partial charge in [-0.1, -0.05) is 46.0 Å². The van der Waals surface area contributed by atoms with Crippen molar-refractivity contribution in [2.24, 2.45) is 0 Å². The Hall–Kier alpha value is -1.69. The van der Waals surface area contributed by atoms with Gasteiger partial charge in [-0.2, -0.15) is 8.78 Å². The first kappa shape index (κ1) is 22.6. The fourth-order valence-electron chi connectivity index (χ4n) is 2.14. The van der Waals surface area contributed by atoms with Gasteiger partial charge in [0.1, 0.15) is 0 Å². The maximum Gasteiger partial charge on any atom is 0.399 e. The molecule has 2 aromatic carbocycles. The molecular formula is C18H14BrF2O5PS. The van der Waals surface area contributed by atoms with Gasteiger partial charge in [-0.15, -0.1) is 11.8 Å². The monoisotopic (exact) mass is 490 g/mol. The average Bonchev–Trinajstić information content (AvgIpc) is 2.60. The molecule has 0 saturated heterocycles. The van der Waals surface area contributed by atoms with Crippen LogP contribution in [0, 0.1) is 11.8 Å². The standard InChI is InChI=1S/C18H14BrF2O5PS/c19-16-10-13(6-7-15(16)18(20,21)27(24,25)26)11-28-8-2-4-12-3-1-5-14(9-12)17(22)23/h1,3,5-7,9-10H,8,11H2,(H,22,23)(H2,24,25,26). The fourth-order valence-corrected chi connectivity index (χ4v) is 4.17. The summed E-state index contributed by atoms with van der Waals surface area (Å²) in [5, 5.41) is 8.94. The third kappa shape index (κ3) is 5.66. The predicted molar refractivity (Wildman–Crippen MR) is 107 cm³/mol. The van der Waals surface area contributed by atoms with Gasteiger partial charge in [0.25, 0.3) is 0 Å². The summed E-state index contributed by atoms with van der Waals surface area (Å²) in [6.45, 7) is 0. The molecule has 0 unspecified atom stereocenters. The number of halogens is 3. The Morgan fingerprint density at radius 1 is 1.21 bits per heavy atom. The number of thioether (sulfide) groups is 1. The molecule has 3 N–H and O–H groups in total. The summed E-state index contributed by atoms with van der Waals surface area (Å²) >= 11 is 4.35. The second kappa shape index (κ2) is 9.21. The lowest BCUT2D eigenvalue weighted by atomic mass is 10.1. The summed E-state index contributed by atoms with van der Waals surface area (Å²) in [6.07, 6.45) is 0. The first-order valence-electron chi connectivity index (χ1n) is 7.64. The van der Waals surface area contributed by atoms with E-state index in [0.717, 1.165) is 6.07 Å². The minimum absolute atomic E-state index is 0.0875. The fraction of sp³-hybridized carbons (Fsp3) is 0.167. The number of benzene rings is 2. The molecule has 148 valence electrons. The maximum atomic E-state index is 13.8. The van der Waals surface area contributed by atoms with Crippen molar-refractivity contribution in [2.45, 2.75) is 11.4 Å². The summed E-state index contributed by atoms with van der Waals surface area (Å²) in [5.74, 6) is 5.59. The van der Waals surface area contributed by atoms with Crippen molar-refractivity contribution in [3.05, 3.63) is 69.2 Å². The Labute approximate surface area is 172 Å². The van der Waals surface area contributed by atoms with Crippen molar-refractivity contribution >= 4 is 41.3 Å². The van der Waals surface area contributed by atoms with Crippen LogP contribution in [-0.4, -0.2) is 26.6 Å². The van der Waals surface area contributed by atoms with E-state index in [2.05, 4.69) is 27.8 Å². The smallest absolute Gasteiger partial charge is 0.399 e. The highest BCUT2D eigenvalue weighted by molar-refractivity contribution is 9.10. The van der Waals surface area contributed by atoms with Gasteiger partial charge < -0.3 is 14.9 Å². The molecule has 0 spiro atoms. The van der Waals surface area contributed by atoms with Crippen molar-refractivity contribution < 1.29 is 33.0 Å². The lowest BCUT2D eigenvalue weighted by Crippen LogP contribution is -2.14. The van der Waals surface area contributed by atoms with E-state index in [9.17, 15) is 18.1 Å². The summed E-state index contributed by atoms with van der Waals surface area (Å²) in [6, 6.07) is 9.99. The van der Waals surface area contributed by atoms with Crippen LogP contribution in [0.4, 0.5) is 8.78 Å². The molecule has 10 heteroatoms. The van der Waals surface area contributed by atoms with Crippen LogP contribution in [0.3, 0.4) is 0 Å². The van der Waals surface area contributed by atoms with Crippen LogP contribution in [0.15, 0.2) is 46.9 Å². The Balaban J connectivity index is 1.98. The minimum atomic E-state index is -5.63. The number of aromatic carboxylic acids is 1. The van der Waals surface area contributed by atoms with Gasteiger partial charge >= 0.3 is 19.2 Å². The Morgan fingerprint density at radius 2 is 1.93 bits per heavy atom. The van der Waals surface area contributed by atoms with Crippen LogP contribution in [-0.2, 0) is 16.0 Å². The number of hydrogen-bond donors (Lipinski definition) is 3. The molecule has 0 aliphatic rings. The zero-order chi connectivity index (χ0) is 20.9. The molecule has 0 fully saturated rings. The van der Waals surface area contributed by atoms with Crippen LogP contribution in [0.5, 0.6) is 0 Å². The molecule has 0 aliphatic carbocycles. The van der Waals surface area contributed by atoms with Crippen LogP contribution >= 0.6 is 35.3 Å². The number of carbonyl (C=O) groups is 1. The van der Waals surface area contributed by atoms with Gasteiger partial charge in [-0.05, 0) is 29.8 Å². The predicted octanol–water partition coefficient (Wildman–Crippen LogP) is 4.66. The molecule has 0 aliphatic heterocycles. The number of carboxylic acid groups (broad SMARTS) is 1. The van der Waals surface area contributed by atoms with Gasteiger partial charge in [0.15, 0.2) is 0 Å². The Morgan fingerprint density at radius 3 is 2.54 bits per heavy atom. The summed E-state index contributed by atoms with van der Waals surface area (Å²) in [7, 11) is -5.63. The van der Waals surface area contributed by atoms with Gasteiger partial charge in [0, 0.05) is 21.4 Å². The molecule has 0 radical (unpaired) electrons. The van der Waals surface area contributed by atoms with Gasteiger partial charge in [0.05, 0.1) is 11.3 Å². The minimum Gasteiger partial charge on any atom is -0.478 e. The second-order valence-electron chi connectivity index (χ2n) is 5.58. The lowest BCUT2D eigenvalue weighted by molar-refractivity contribution is 0.0557. The SMILES string of the molecule is O=C(O)c1cccc(C#CCSCc2ccc(C(F)(F)P(=O)(O)O)c(Br)c2)c1. The summed E-state index contributed by atoms with van der Waals surface area (Å²) < 4.78 is 38.5. The molecule has 0 aromatic heterocycles. The normalized spacial score (nSPS) is 11.6. The third-order valence-corrected chi connectivity index (χ3v) is 6.02. The van der Waals surface area contributed by atoms with Gasteiger partial charge in [-0.25, -0.2) is 4.79 Å². The van der Waals surface area contributed by atoms with Crippen molar-refractivity contribution in [3.8, 4) is 11.8 Å². The largest absolute Gasteiger partial charge is 0.478 e. The molecule has 2 aromatic rings. The van der Waals surface area contributed by atoms with E-state index < -0.39 is 24.8 Å². The van der Waals surface area contributed by atoms with Crippen molar-refractivity contribution in [3.63, 3.8) is 0 Å². The highest BCUT2D eigenvalue weighted by Gasteiger charge is 2.51. The molecule has 0 bridgehead atoms. The van der Waals surface area contributed by atoms with Crippen molar-refractivity contribution in [1.82, 2.24) is 0 Å². The maximum absolute atomic E-state index is 13.8. The van der Waals surface area contributed by atoms with Crippen LogP contribution in [0.1, 0.15) is 27.0 Å². The molecule has 0 amide bonds. The van der Waals surface area contributed by atoms with E-state index >= 15 is 0 Å². The summed E-state index contributed by atoms with van der Waals surface area (Å²) in [4.78, 5) is 28.6. The third-order valence-electron chi connectivity index (χ3n) is 3.51. The van der Waals surface area contributed by atoms with E-state index in [-0.39, 0.29) is 10.0 Å². The van der Waals surface area contributed by atoms with Crippen molar-refractivity contribution in [1.29, 1.82) is 0 Å². The van der Waals surface area contributed by atoms with Gasteiger partial charge in [-0.3, -0.25) is 4.57 Å². The molecular weight excluding hydrogens is 477 g/mol. The lowest BCUT2D eigenvalue weighted by Gasteiger charge is -2.19. The molecule has 28 heavy (non-hydrogen) atoms.